The fourth-order valence-corrected chi connectivity index (χ4v) is 4.62. The number of hydrogen-bond donors (Lipinski definition) is 0. The number of para-hydroxylation sites is 1. The molecule has 4 rings (SSSR count). The Hall–Kier alpha value is -3.05. The molecule has 0 radical (unpaired) electrons. The highest BCUT2D eigenvalue weighted by Gasteiger charge is 2.32. The Balaban J connectivity index is 1.51. The molecule has 2 amide bonds. The van der Waals surface area contributed by atoms with E-state index < -0.39 is 0 Å². The maximum atomic E-state index is 12.8. The highest BCUT2D eigenvalue weighted by atomic mass is 32.2. The molecular formula is C24H22N2O2S. The summed E-state index contributed by atoms with van der Waals surface area (Å²) in [6, 6.07) is 27.2. The summed E-state index contributed by atoms with van der Waals surface area (Å²) in [7, 11) is 1.78. The Bertz CT molecular complexity index is 990. The van der Waals surface area contributed by atoms with Crippen LogP contribution in [0.2, 0.25) is 0 Å². The number of rotatable bonds is 5. The summed E-state index contributed by atoms with van der Waals surface area (Å²) < 4.78 is 0. The second-order valence-electron chi connectivity index (χ2n) is 6.99. The van der Waals surface area contributed by atoms with E-state index in [-0.39, 0.29) is 17.2 Å². The summed E-state index contributed by atoms with van der Waals surface area (Å²) in [4.78, 5) is 28.8. The Labute approximate surface area is 175 Å². The van der Waals surface area contributed by atoms with Crippen LogP contribution >= 0.6 is 11.8 Å². The summed E-state index contributed by atoms with van der Waals surface area (Å²) in [6.45, 7) is 0.592. The van der Waals surface area contributed by atoms with Crippen LogP contribution in [-0.2, 0) is 11.3 Å². The van der Waals surface area contributed by atoms with Crippen molar-refractivity contribution in [3.8, 4) is 0 Å². The van der Waals surface area contributed by atoms with Crippen LogP contribution in [0.15, 0.2) is 84.9 Å². The van der Waals surface area contributed by atoms with Gasteiger partial charge in [0, 0.05) is 24.8 Å². The van der Waals surface area contributed by atoms with Crippen molar-refractivity contribution >= 4 is 29.3 Å². The lowest BCUT2D eigenvalue weighted by Gasteiger charge is -2.24. The molecule has 0 bridgehead atoms. The summed E-state index contributed by atoms with van der Waals surface area (Å²) in [6.07, 6.45) is 0. The molecule has 3 aromatic carbocycles. The van der Waals surface area contributed by atoms with Crippen molar-refractivity contribution in [2.24, 2.45) is 0 Å². The number of hydrogen-bond acceptors (Lipinski definition) is 3. The second-order valence-corrected chi connectivity index (χ2v) is 8.06. The number of carbonyl (C=O) groups is 2. The van der Waals surface area contributed by atoms with Gasteiger partial charge in [-0.3, -0.25) is 9.59 Å². The lowest BCUT2D eigenvalue weighted by atomic mass is 10.1. The highest BCUT2D eigenvalue weighted by Crippen LogP contribution is 2.39. The van der Waals surface area contributed by atoms with E-state index in [9.17, 15) is 9.59 Å². The normalized spacial score (nSPS) is 16.1. The predicted molar refractivity (Wildman–Crippen MR) is 118 cm³/mol. The first-order chi connectivity index (χ1) is 14.1. The van der Waals surface area contributed by atoms with Crippen LogP contribution in [0.4, 0.5) is 5.69 Å². The molecule has 0 spiro atoms. The molecular weight excluding hydrogens is 380 g/mol. The smallest absolute Gasteiger partial charge is 0.258 e. The van der Waals surface area contributed by atoms with Crippen LogP contribution in [0.1, 0.15) is 26.9 Å². The van der Waals surface area contributed by atoms with Crippen LogP contribution in [0.5, 0.6) is 0 Å². The van der Waals surface area contributed by atoms with Gasteiger partial charge in [-0.25, -0.2) is 0 Å². The zero-order chi connectivity index (χ0) is 20.2. The zero-order valence-corrected chi connectivity index (χ0v) is 17.0. The van der Waals surface area contributed by atoms with Gasteiger partial charge in [-0.15, -0.1) is 11.8 Å². The first kappa shape index (κ1) is 19.3. The summed E-state index contributed by atoms with van der Waals surface area (Å²) >= 11 is 1.63. The van der Waals surface area contributed by atoms with Crippen molar-refractivity contribution in [3.05, 3.63) is 102 Å². The van der Waals surface area contributed by atoms with E-state index in [0.29, 0.717) is 17.9 Å². The Kier molecular flexibility index (Phi) is 5.67. The van der Waals surface area contributed by atoms with E-state index >= 15 is 0 Å². The van der Waals surface area contributed by atoms with Gasteiger partial charge < -0.3 is 9.80 Å². The Morgan fingerprint density at radius 1 is 0.966 bits per heavy atom. The molecule has 1 aliphatic heterocycles. The lowest BCUT2D eigenvalue weighted by Crippen LogP contribution is -2.28. The molecule has 0 N–H and O–H groups in total. The number of anilines is 1. The van der Waals surface area contributed by atoms with E-state index in [1.165, 1.54) is 0 Å². The number of benzene rings is 3. The fourth-order valence-electron chi connectivity index (χ4n) is 3.43. The largest absolute Gasteiger partial charge is 0.322 e. The third kappa shape index (κ3) is 4.20. The SMILES string of the molecule is CN(C(=O)c1ccc([C@@H]2SCC(=O)N2Cc2ccccc2)cc1)c1ccccc1. The lowest BCUT2D eigenvalue weighted by molar-refractivity contribution is -0.128. The molecule has 29 heavy (non-hydrogen) atoms. The van der Waals surface area contributed by atoms with Crippen LogP contribution in [0.3, 0.4) is 0 Å². The van der Waals surface area contributed by atoms with E-state index in [2.05, 4.69) is 0 Å². The minimum Gasteiger partial charge on any atom is -0.322 e. The van der Waals surface area contributed by atoms with Crippen molar-refractivity contribution in [1.82, 2.24) is 4.90 Å². The molecule has 146 valence electrons. The molecule has 1 saturated heterocycles. The quantitative estimate of drug-likeness (QED) is 0.619. The van der Waals surface area contributed by atoms with Crippen molar-refractivity contribution in [2.45, 2.75) is 11.9 Å². The molecule has 0 unspecified atom stereocenters. The van der Waals surface area contributed by atoms with Gasteiger partial charge in [0.1, 0.15) is 5.37 Å². The molecule has 1 aliphatic rings. The molecule has 1 heterocycles. The molecule has 4 nitrogen and oxygen atoms in total. The van der Waals surface area contributed by atoms with Gasteiger partial charge in [0.05, 0.1) is 5.75 Å². The standard InChI is InChI=1S/C24H22N2O2S/c1-25(21-10-6-3-7-11-21)23(28)19-12-14-20(15-13-19)24-26(22(27)17-29-24)16-18-8-4-2-5-9-18/h2-15,24H,16-17H2,1H3/t24-/m0/s1. The Morgan fingerprint density at radius 2 is 1.59 bits per heavy atom. The number of amides is 2. The van der Waals surface area contributed by atoms with E-state index in [0.717, 1.165) is 16.8 Å². The second kappa shape index (κ2) is 8.53. The first-order valence-electron chi connectivity index (χ1n) is 9.51. The molecule has 1 atom stereocenters. The number of carbonyl (C=O) groups excluding carboxylic acids is 2. The monoisotopic (exact) mass is 402 g/mol. The van der Waals surface area contributed by atoms with Crippen molar-refractivity contribution < 1.29 is 9.59 Å². The molecule has 0 aromatic heterocycles. The molecule has 0 aliphatic carbocycles. The van der Waals surface area contributed by atoms with Crippen molar-refractivity contribution in [3.63, 3.8) is 0 Å². The van der Waals surface area contributed by atoms with Crippen LogP contribution in [0, 0.1) is 0 Å². The van der Waals surface area contributed by atoms with E-state index in [4.69, 9.17) is 0 Å². The minimum absolute atomic E-state index is 0.0290. The number of nitrogens with zero attached hydrogens (tertiary/aromatic N) is 2. The van der Waals surface area contributed by atoms with Crippen molar-refractivity contribution in [2.75, 3.05) is 17.7 Å². The molecule has 5 heteroatoms. The van der Waals surface area contributed by atoms with Crippen molar-refractivity contribution in [1.29, 1.82) is 0 Å². The topological polar surface area (TPSA) is 40.6 Å². The molecule has 3 aromatic rings. The van der Waals surface area contributed by atoms with Crippen LogP contribution < -0.4 is 4.90 Å². The zero-order valence-electron chi connectivity index (χ0n) is 16.2. The highest BCUT2D eigenvalue weighted by molar-refractivity contribution is 8.00. The van der Waals surface area contributed by atoms with E-state index in [1.54, 1.807) is 23.7 Å². The van der Waals surface area contributed by atoms with Gasteiger partial charge >= 0.3 is 0 Å². The van der Waals surface area contributed by atoms with Crippen LogP contribution in [-0.4, -0.2) is 29.5 Å². The first-order valence-corrected chi connectivity index (χ1v) is 10.6. The average Bonchev–Trinajstić information content (AvgIpc) is 3.14. The predicted octanol–water partition coefficient (Wildman–Crippen LogP) is 4.74. The third-order valence-electron chi connectivity index (χ3n) is 5.05. The maximum Gasteiger partial charge on any atom is 0.258 e. The third-order valence-corrected chi connectivity index (χ3v) is 6.31. The maximum absolute atomic E-state index is 12.8. The summed E-state index contributed by atoms with van der Waals surface area (Å²) in [5, 5.41) is -0.0290. The van der Waals surface area contributed by atoms with Gasteiger partial charge in [0.2, 0.25) is 5.91 Å². The minimum atomic E-state index is -0.0564. The van der Waals surface area contributed by atoms with Crippen LogP contribution in [0.25, 0.3) is 0 Å². The average molecular weight is 403 g/mol. The molecule has 1 fully saturated rings. The summed E-state index contributed by atoms with van der Waals surface area (Å²) in [5.41, 5.74) is 3.64. The van der Waals surface area contributed by atoms with Gasteiger partial charge in [0.25, 0.3) is 5.91 Å². The van der Waals surface area contributed by atoms with Gasteiger partial charge in [-0.2, -0.15) is 0 Å². The fraction of sp³-hybridized carbons (Fsp3) is 0.167. The molecule has 0 saturated carbocycles. The number of thioether (sulfide) groups is 1. The van der Waals surface area contributed by atoms with Gasteiger partial charge in [-0.05, 0) is 35.4 Å². The Morgan fingerprint density at radius 3 is 2.24 bits per heavy atom. The summed E-state index contributed by atoms with van der Waals surface area (Å²) in [5.74, 6) is 0.571. The van der Waals surface area contributed by atoms with Gasteiger partial charge in [-0.1, -0.05) is 60.7 Å². The van der Waals surface area contributed by atoms with Gasteiger partial charge in [0.15, 0.2) is 0 Å². The van der Waals surface area contributed by atoms with E-state index in [1.807, 2.05) is 89.8 Å².